The third-order valence-electron chi connectivity index (χ3n) is 7.35. The van der Waals surface area contributed by atoms with Crippen molar-refractivity contribution in [3.05, 3.63) is 70.9 Å². The number of nitrogens with zero attached hydrogens (tertiary/aromatic N) is 2. The number of rotatable bonds is 10. The molecule has 1 saturated heterocycles. The molecule has 35 heavy (non-hydrogen) atoms. The molecular weight excluding hydrogens is 464 g/mol. The second kappa shape index (κ2) is 11.4. The number of aryl methyl sites for hydroxylation is 1. The number of methoxy groups -OCH3 is 1. The predicted octanol–water partition coefficient (Wildman–Crippen LogP) is 5.51. The molecule has 0 aliphatic carbocycles. The van der Waals surface area contributed by atoms with Crippen molar-refractivity contribution in [1.29, 1.82) is 0 Å². The largest absolute Gasteiger partial charge is 0.497 e. The number of carboxylic acids is 1. The summed E-state index contributed by atoms with van der Waals surface area (Å²) in [7, 11) is 1.58. The first-order valence-corrected chi connectivity index (χ1v) is 12.6. The molecule has 1 atom stereocenters. The van der Waals surface area contributed by atoms with Gasteiger partial charge in [0.25, 0.3) is 0 Å². The molecule has 2 aromatic carbocycles. The lowest BCUT2D eigenvalue weighted by atomic mass is 9.74. The van der Waals surface area contributed by atoms with E-state index in [2.05, 4.69) is 34.1 Å². The van der Waals surface area contributed by atoms with Gasteiger partial charge in [-0.3, -0.25) is 9.78 Å². The molecule has 2 heterocycles. The molecule has 1 aromatic heterocycles. The number of aliphatic hydroxyl groups is 1. The molecule has 2 N–H and O–H groups in total. The number of pyridine rings is 1. The van der Waals surface area contributed by atoms with E-state index in [4.69, 9.17) is 16.3 Å². The van der Waals surface area contributed by atoms with Crippen LogP contribution in [0, 0.1) is 5.41 Å². The zero-order valence-electron chi connectivity index (χ0n) is 20.1. The predicted molar refractivity (Wildman–Crippen MR) is 138 cm³/mol. The van der Waals surface area contributed by atoms with Crippen molar-refractivity contribution >= 4 is 28.5 Å². The summed E-state index contributed by atoms with van der Waals surface area (Å²) in [6.45, 7) is 2.48. The van der Waals surface area contributed by atoms with Crippen LogP contribution in [-0.2, 0) is 11.2 Å². The lowest BCUT2D eigenvalue weighted by Gasteiger charge is -2.39. The molecule has 0 bridgehead atoms. The van der Waals surface area contributed by atoms with Gasteiger partial charge in [-0.05, 0) is 81.9 Å². The monoisotopic (exact) mass is 496 g/mol. The Morgan fingerprint density at radius 1 is 1.20 bits per heavy atom. The fourth-order valence-electron chi connectivity index (χ4n) is 5.12. The summed E-state index contributed by atoms with van der Waals surface area (Å²) in [5.41, 5.74) is 1.79. The number of ether oxygens (including phenoxy) is 1. The van der Waals surface area contributed by atoms with E-state index < -0.39 is 17.5 Å². The van der Waals surface area contributed by atoms with Crippen molar-refractivity contribution in [2.45, 2.75) is 44.6 Å². The third kappa shape index (κ3) is 5.95. The number of carboxylic acid groups (broad SMARTS) is 1. The van der Waals surface area contributed by atoms with Crippen molar-refractivity contribution < 1.29 is 19.7 Å². The van der Waals surface area contributed by atoms with Crippen molar-refractivity contribution in [2.75, 3.05) is 26.7 Å². The van der Waals surface area contributed by atoms with Gasteiger partial charge in [-0.15, -0.1) is 0 Å². The summed E-state index contributed by atoms with van der Waals surface area (Å²) in [5, 5.41) is 22.3. The summed E-state index contributed by atoms with van der Waals surface area (Å²) >= 11 is 6.44. The third-order valence-corrected chi connectivity index (χ3v) is 7.65. The minimum atomic E-state index is -0.889. The molecule has 7 heteroatoms. The van der Waals surface area contributed by atoms with Gasteiger partial charge in [0.15, 0.2) is 0 Å². The van der Waals surface area contributed by atoms with Crippen molar-refractivity contribution in [3.8, 4) is 5.75 Å². The highest BCUT2D eigenvalue weighted by Gasteiger charge is 2.41. The van der Waals surface area contributed by atoms with E-state index in [1.165, 1.54) is 11.8 Å². The topological polar surface area (TPSA) is 82.9 Å². The van der Waals surface area contributed by atoms with Gasteiger partial charge in [0.1, 0.15) is 5.75 Å². The smallest absolute Gasteiger partial charge is 0.309 e. The quantitative estimate of drug-likeness (QED) is 0.385. The first-order valence-electron chi connectivity index (χ1n) is 12.2. The van der Waals surface area contributed by atoms with Crippen LogP contribution in [0.2, 0.25) is 5.02 Å². The van der Waals surface area contributed by atoms with Crippen LogP contribution in [0.3, 0.4) is 0 Å². The number of hydrogen-bond acceptors (Lipinski definition) is 5. The maximum atomic E-state index is 12.3. The van der Waals surface area contributed by atoms with Crippen LogP contribution >= 0.6 is 11.6 Å². The standard InChI is InChI=1S/C28H33ClN2O4/c1-35-21-9-10-24-22(18-21)26(23(29)19-30-24)25(32)11-12-28(27(33)34)13-16-31(17-14-28)15-5-8-20-6-3-2-4-7-20/h2-4,6-7,9-10,18-19,25,32H,5,8,11-17H2,1H3,(H,33,34)/t25-/m0/s1. The molecule has 0 radical (unpaired) electrons. The number of fused-ring (bicyclic) bond motifs is 1. The Morgan fingerprint density at radius 3 is 2.63 bits per heavy atom. The molecule has 3 aromatic rings. The molecule has 1 fully saturated rings. The number of aromatic nitrogens is 1. The average molecular weight is 497 g/mol. The summed E-state index contributed by atoms with van der Waals surface area (Å²) in [5.74, 6) is -0.127. The van der Waals surface area contributed by atoms with E-state index >= 15 is 0 Å². The Bertz CT molecular complexity index is 1150. The molecule has 186 valence electrons. The summed E-state index contributed by atoms with van der Waals surface area (Å²) < 4.78 is 5.33. The summed E-state index contributed by atoms with van der Waals surface area (Å²) in [6.07, 6.45) is 4.61. The maximum absolute atomic E-state index is 12.3. The number of hydrogen-bond donors (Lipinski definition) is 2. The second-order valence-corrected chi connectivity index (χ2v) is 9.88. The van der Waals surface area contributed by atoms with E-state index in [-0.39, 0.29) is 0 Å². The molecule has 0 unspecified atom stereocenters. The van der Waals surface area contributed by atoms with E-state index in [0.717, 1.165) is 37.9 Å². The van der Waals surface area contributed by atoms with Gasteiger partial charge in [0.05, 0.1) is 29.2 Å². The van der Waals surface area contributed by atoms with Gasteiger partial charge in [0.2, 0.25) is 0 Å². The minimum Gasteiger partial charge on any atom is -0.497 e. The molecule has 4 rings (SSSR count). The lowest BCUT2D eigenvalue weighted by molar-refractivity contribution is -0.153. The molecule has 0 spiro atoms. The number of aliphatic hydroxyl groups excluding tert-OH is 1. The summed E-state index contributed by atoms with van der Waals surface area (Å²) in [6, 6.07) is 15.9. The van der Waals surface area contributed by atoms with E-state index in [9.17, 15) is 15.0 Å². The SMILES string of the molecule is COc1ccc2ncc(Cl)c([C@@H](O)CCC3(C(=O)O)CCN(CCCc4ccccc4)CC3)c2c1. The lowest BCUT2D eigenvalue weighted by Crippen LogP contribution is -2.44. The van der Waals surface area contributed by atoms with Crippen LogP contribution in [0.5, 0.6) is 5.75 Å². The number of benzene rings is 2. The highest BCUT2D eigenvalue weighted by atomic mass is 35.5. The van der Waals surface area contributed by atoms with Gasteiger partial charge in [-0.1, -0.05) is 41.9 Å². The highest BCUT2D eigenvalue weighted by Crippen LogP contribution is 2.41. The number of piperidine rings is 1. The normalized spacial score (nSPS) is 16.8. The van der Waals surface area contributed by atoms with Gasteiger partial charge in [0, 0.05) is 17.1 Å². The molecule has 6 nitrogen and oxygen atoms in total. The molecular formula is C28H33ClN2O4. The average Bonchev–Trinajstić information content (AvgIpc) is 2.88. The molecule has 1 aliphatic heterocycles. The summed E-state index contributed by atoms with van der Waals surface area (Å²) in [4.78, 5) is 19.0. The number of carbonyl (C=O) groups is 1. The second-order valence-electron chi connectivity index (χ2n) is 9.47. The number of aliphatic carboxylic acids is 1. The first kappa shape index (κ1) is 25.4. The van der Waals surface area contributed by atoms with Crippen LogP contribution in [0.4, 0.5) is 0 Å². The Hall–Kier alpha value is -2.67. The van der Waals surface area contributed by atoms with Gasteiger partial charge < -0.3 is 19.8 Å². The van der Waals surface area contributed by atoms with Crippen LogP contribution in [-0.4, -0.2) is 52.8 Å². The number of likely N-dealkylation sites (tertiary alicyclic amines) is 1. The van der Waals surface area contributed by atoms with E-state index in [0.29, 0.717) is 47.5 Å². The zero-order chi connectivity index (χ0) is 24.8. The first-order chi connectivity index (χ1) is 16.9. The fourth-order valence-corrected chi connectivity index (χ4v) is 5.39. The van der Waals surface area contributed by atoms with E-state index in [1.807, 2.05) is 24.3 Å². The van der Waals surface area contributed by atoms with Crippen LogP contribution in [0.15, 0.2) is 54.7 Å². The maximum Gasteiger partial charge on any atom is 0.309 e. The highest BCUT2D eigenvalue weighted by molar-refractivity contribution is 6.32. The Morgan fingerprint density at radius 2 is 1.94 bits per heavy atom. The van der Waals surface area contributed by atoms with Gasteiger partial charge >= 0.3 is 5.97 Å². The van der Waals surface area contributed by atoms with Gasteiger partial charge in [-0.2, -0.15) is 0 Å². The fraction of sp³-hybridized carbons (Fsp3) is 0.429. The number of halogens is 1. The Labute approximate surface area is 211 Å². The molecule has 1 aliphatic rings. The zero-order valence-corrected chi connectivity index (χ0v) is 20.9. The van der Waals surface area contributed by atoms with Gasteiger partial charge in [-0.25, -0.2) is 0 Å². The van der Waals surface area contributed by atoms with E-state index in [1.54, 1.807) is 7.11 Å². The van der Waals surface area contributed by atoms with Crippen molar-refractivity contribution in [3.63, 3.8) is 0 Å². The van der Waals surface area contributed by atoms with Crippen LogP contribution < -0.4 is 4.74 Å². The Balaban J connectivity index is 1.38. The van der Waals surface area contributed by atoms with Crippen molar-refractivity contribution in [2.24, 2.45) is 5.41 Å². The minimum absolute atomic E-state index is 0.316. The van der Waals surface area contributed by atoms with Crippen LogP contribution in [0.25, 0.3) is 10.9 Å². The molecule has 0 amide bonds. The molecule has 0 saturated carbocycles. The van der Waals surface area contributed by atoms with Crippen molar-refractivity contribution in [1.82, 2.24) is 9.88 Å². The Kier molecular flexibility index (Phi) is 8.26. The van der Waals surface area contributed by atoms with Crippen LogP contribution in [0.1, 0.15) is 49.3 Å².